The van der Waals surface area contributed by atoms with Crippen LogP contribution in [0.4, 0.5) is 5.82 Å². The van der Waals surface area contributed by atoms with E-state index in [0.717, 1.165) is 16.8 Å². The van der Waals surface area contributed by atoms with E-state index in [1.807, 2.05) is 24.3 Å². The zero-order chi connectivity index (χ0) is 21.8. The molecule has 0 amide bonds. The summed E-state index contributed by atoms with van der Waals surface area (Å²) < 4.78 is 34.2. The Morgan fingerprint density at radius 3 is 2.45 bits per heavy atom. The number of nitrogens with zero attached hydrogens (tertiary/aromatic N) is 4. The van der Waals surface area contributed by atoms with Crippen LogP contribution in [0, 0.1) is 6.92 Å². The van der Waals surface area contributed by atoms with Crippen LogP contribution in [0.1, 0.15) is 5.82 Å². The summed E-state index contributed by atoms with van der Waals surface area (Å²) in [5.41, 5.74) is 1.50. The van der Waals surface area contributed by atoms with Crippen molar-refractivity contribution in [3.8, 4) is 11.4 Å². The summed E-state index contributed by atoms with van der Waals surface area (Å²) >= 11 is 0. The lowest BCUT2D eigenvalue weighted by molar-refractivity contribution is 0.414. The van der Waals surface area contributed by atoms with Crippen molar-refractivity contribution in [3.63, 3.8) is 0 Å². The van der Waals surface area contributed by atoms with Crippen LogP contribution in [-0.2, 0) is 10.0 Å². The molecule has 2 aromatic heterocycles. The molecule has 0 radical (unpaired) electrons. The first-order valence-electron chi connectivity index (χ1n) is 9.63. The van der Waals surface area contributed by atoms with Gasteiger partial charge >= 0.3 is 0 Å². The smallest absolute Gasteiger partial charge is 0.240 e. The van der Waals surface area contributed by atoms with Gasteiger partial charge in [-0.3, -0.25) is 0 Å². The number of ether oxygens (including phenoxy) is 1. The molecule has 0 aliphatic rings. The van der Waals surface area contributed by atoms with E-state index >= 15 is 0 Å². The van der Waals surface area contributed by atoms with Gasteiger partial charge in [-0.25, -0.2) is 27.8 Å². The van der Waals surface area contributed by atoms with Crippen molar-refractivity contribution in [1.82, 2.24) is 24.5 Å². The van der Waals surface area contributed by atoms with E-state index in [-0.39, 0.29) is 11.4 Å². The first-order valence-corrected chi connectivity index (χ1v) is 11.1. The Bertz CT molecular complexity index is 1290. The van der Waals surface area contributed by atoms with Crippen molar-refractivity contribution >= 4 is 26.9 Å². The molecule has 9 nitrogen and oxygen atoms in total. The predicted molar refractivity (Wildman–Crippen MR) is 118 cm³/mol. The van der Waals surface area contributed by atoms with Gasteiger partial charge in [0.2, 0.25) is 10.0 Å². The van der Waals surface area contributed by atoms with Gasteiger partial charge in [-0.1, -0.05) is 18.2 Å². The maximum atomic E-state index is 12.3. The highest BCUT2D eigenvalue weighted by atomic mass is 32.2. The number of rotatable bonds is 8. The Balaban J connectivity index is 1.50. The summed E-state index contributed by atoms with van der Waals surface area (Å²) in [6.45, 7) is 2.35. The van der Waals surface area contributed by atoms with Gasteiger partial charge in [0.05, 0.1) is 29.3 Å². The summed E-state index contributed by atoms with van der Waals surface area (Å²) in [5.74, 6) is 1.93. The minimum atomic E-state index is -3.55. The molecule has 0 aliphatic carbocycles. The van der Waals surface area contributed by atoms with Gasteiger partial charge in [0.25, 0.3) is 0 Å². The van der Waals surface area contributed by atoms with Gasteiger partial charge < -0.3 is 10.1 Å². The number of methoxy groups -OCH3 is 1. The van der Waals surface area contributed by atoms with Gasteiger partial charge in [0.15, 0.2) is 5.65 Å². The van der Waals surface area contributed by atoms with E-state index in [1.165, 1.54) is 0 Å². The van der Waals surface area contributed by atoms with Gasteiger partial charge in [0.1, 0.15) is 17.4 Å². The van der Waals surface area contributed by atoms with Crippen molar-refractivity contribution < 1.29 is 13.2 Å². The van der Waals surface area contributed by atoms with Crippen LogP contribution >= 0.6 is 0 Å². The third-order valence-corrected chi connectivity index (χ3v) is 6.10. The van der Waals surface area contributed by atoms with Crippen LogP contribution in [0.3, 0.4) is 0 Å². The number of hydrogen-bond acceptors (Lipinski definition) is 7. The third kappa shape index (κ3) is 4.49. The molecule has 31 heavy (non-hydrogen) atoms. The Hall–Kier alpha value is -3.50. The lowest BCUT2D eigenvalue weighted by atomic mass is 10.3. The van der Waals surface area contributed by atoms with E-state index in [9.17, 15) is 8.42 Å². The highest BCUT2D eigenvalue weighted by Crippen LogP contribution is 2.23. The Labute approximate surface area is 180 Å². The number of aromatic nitrogens is 4. The Kier molecular flexibility index (Phi) is 5.83. The van der Waals surface area contributed by atoms with E-state index in [2.05, 4.69) is 25.1 Å². The average Bonchev–Trinajstić information content (AvgIpc) is 3.21. The van der Waals surface area contributed by atoms with Crippen LogP contribution in [0.2, 0.25) is 0 Å². The van der Waals surface area contributed by atoms with E-state index in [4.69, 9.17) is 4.74 Å². The molecule has 0 atom stereocenters. The number of nitrogens with one attached hydrogen (secondary N) is 2. The van der Waals surface area contributed by atoms with Crippen molar-refractivity contribution in [1.29, 1.82) is 0 Å². The van der Waals surface area contributed by atoms with Crippen molar-refractivity contribution in [2.45, 2.75) is 11.8 Å². The second-order valence-electron chi connectivity index (χ2n) is 6.75. The summed E-state index contributed by atoms with van der Waals surface area (Å²) in [4.78, 5) is 9.22. The summed E-state index contributed by atoms with van der Waals surface area (Å²) in [6.07, 6.45) is 1.69. The molecule has 160 valence electrons. The van der Waals surface area contributed by atoms with Gasteiger partial charge in [-0.05, 0) is 43.3 Å². The van der Waals surface area contributed by atoms with Crippen molar-refractivity contribution in [3.05, 3.63) is 66.6 Å². The minimum absolute atomic E-state index is 0.203. The molecule has 4 aromatic rings. The van der Waals surface area contributed by atoms with Gasteiger partial charge in [-0.15, -0.1) is 0 Å². The zero-order valence-electron chi connectivity index (χ0n) is 17.1. The standard InChI is InChI=1S/C21H22N6O3S/c1-15-25-20(22-12-13-24-31(28,29)18-6-4-3-5-7-18)19-14-23-27(21(19)26-15)16-8-10-17(30-2)11-9-16/h3-11,14,24H,12-13H2,1-2H3,(H,22,25,26). The molecule has 0 bridgehead atoms. The van der Waals surface area contributed by atoms with Crippen molar-refractivity contribution in [2.75, 3.05) is 25.5 Å². The molecular formula is C21H22N6O3S. The Morgan fingerprint density at radius 2 is 1.74 bits per heavy atom. The van der Waals surface area contributed by atoms with E-state index in [0.29, 0.717) is 23.8 Å². The topological polar surface area (TPSA) is 111 Å². The highest BCUT2D eigenvalue weighted by molar-refractivity contribution is 7.89. The number of aryl methyl sites for hydroxylation is 1. The van der Waals surface area contributed by atoms with E-state index < -0.39 is 10.0 Å². The quantitative estimate of drug-likeness (QED) is 0.407. The first-order chi connectivity index (χ1) is 15.0. The molecule has 0 fully saturated rings. The number of fused-ring (bicyclic) bond motifs is 1. The fourth-order valence-corrected chi connectivity index (χ4v) is 4.17. The lowest BCUT2D eigenvalue weighted by Gasteiger charge is -2.10. The molecule has 0 aliphatic heterocycles. The van der Waals surface area contributed by atoms with E-state index in [1.54, 1.807) is 55.2 Å². The predicted octanol–water partition coefficient (Wildman–Crippen LogP) is 2.52. The van der Waals surface area contributed by atoms with Gasteiger partial charge in [0, 0.05) is 13.1 Å². The summed E-state index contributed by atoms with van der Waals surface area (Å²) in [6, 6.07) is 15.8. The minimum Gasteiger partial charge on any atom is -0.497 e. The molecular weight excluding hydrogens is 416 g/mol. The molecule has 2 N–H and O–H groups in total. The third-order valence-electron chi connectivity index (χ3n) is 4.62. The largest absolute Gasteiger partial charge is 0.497 e. The zero-order valence-corrected chi connectivity index (χ0v) is 17.9. The highest BCUT2D eigenvalue weighted by Gasteiger charge is 2.14. The summed E-state index contributed by atoms with van der Waals surface area (Å²) in [7, 11) is -1.93. The van der Waals surface area contributed by atoms with Crippen LogP contribution in [0.25, 0.3) is 16.7 Å². The molecule has 0 saturated carbocycles. The van der Waals surface area contributed by atoms with Crippen LogP contribution < -0.4 is 14.8 Å². The monoisotopic (exact) mass is 438 g/mol. The molecule has 0 saturated heterocycles. The second-order valence-corrected chi connectivity index (χ2v) is 8.52. The molecule has 2 heterocycles. The SMILES string of the molecule is COc1ccc(-n2ncc3c(NCCNS(=O)(=O)c4ccccc4)nc(C)nc32)cc1. The van der Waals surface area contributed by atoms with Crippen molar-refractivity contribution in [2.24, 2.45) is 0 Å². The number of anilines is 1. The Morgan fingerprint density at radius 1 is 1.00 bits per heavy atom. The van der Waals surface area contributed by atoms with Crippen LogP contribution in [-0.4, -0.2) is 48.4 Å². The average molecular weight is 439 g/mol. The summed E-state index contributed by atoms with van der Waals surface area (Å²) in [5, 5.41) is 8.38. The fourth-order valence-electron chi connectivity index (χ4n) is 3.11. The fraction of sp³-hybridized carbons (Fsp3) is 0.190. The molecule has 2 aromatic carbocycles. The first kappa shape index (κ1) is 20.8. The maximum Gasteiger partial charge on any atom is 0.240 e. The number of sulfonamides is 1. The molecule has 10 heteroatoms. The lowest BCUT2D eigenvalue weighted by Crippen LogP contribution is -2.29. The van der Waals surface area contributed by atoms with Gasteiger partial charge in [-0.2, -0.15) is 5.10 Å². The van der Waals surface area contributed by atoms with Crippen LogP contribution in [0.15, 0.2) is 65.7 Å². The molecule has 0 unspecified atom stereocenters. The number of hydrogen-bond donors (Lipinski definition) is 2. The second kappa shape index (κ2) is 8.70. The van der Waals surface area contributed by atoms with Crippen LogP contribution in [0.5, 0.6) is 5.75 Å². The molecule has 0 spiro atoms. The molecule has 4 rings (SSSR count). The maximum absolute atomic E-state index is 12.3. The number of benzene rings is 2. The normalized spacial score (nSPS) is 11.5.